The maximum Gasteiger partial charge on any atom is 0.341 e. The van der Waals surface area contributed by atoms with E-state index in [0.29, 0.717) is 36.9 Å². The zero-order chi connectivity index (χ0) is 31.2. The van der Waals surface area contributed by atoms with E-state index in [1.165, 1.54) is 19.1 Å². The molecule has 1 heterocycles. The van der Waals surface area contributed by atoms with Crippen LogP contribution in [0.25, 0.3) is 10.8 Å². The molecule has 3 aromatic rings. The van der Waals surface area contributed by atoms with Crippen molar-refractivity contribution in [2.75, 3.05) is 19.6 Å². The monoisotopic (exact) mass is 644 g/mol. The SMILES string of the molecule is CC(NS(=O)(=O)c1ccc2ccccc2c1)C(=O)C(NCc1ccccc1)(C(=O)O)C(=O)NCC1CCN(C(=N)N)CC1.Cl. The number of carbonyl (C=O) groups is 3. The molecule has 2 atom stereocenters. The third-order valence-corrected chi connectivity index (χ3v) is 9.23. The maximum absolute atomic E-state index is 13.9. The second-order valence-electron chi connectivity index (χ2n) is 10.6. The Morgan fingerprint density at radius 3 is 2.25 bits per heavy atom. The van der Waals surface area contributed by atoms with E-state index in [4.69, 9.17) is 11.1 Å². The quantitative estimate of drug-likeness (QED) is 0.0968. The van der Waals surface area contributed by atoms with Crippen LogP contribution in [0.5, 0.6) is 0 Å². The van der Waals surface area contributed by atoms with Crippen molar-refractivity contribution in [2.24, 2.45) is 11.7 Å². The molecular formula is C30H37ClN6O6S. The Bertz CT molecular complexity index is 1610. The van der Waals surface area contributed by atoms with Gasteiger partial charge in [-0.2, -0.15) is 0 Å². The highest BCUT2D eigenvalue weighted by molar-refractivity contribution is 7.89. The molecule has 1 saturated heterocycles. The molecule has 0 spiro atoms. The topological polar surface area (TPSA) is 195 Å². The number of guanidine groups is 1. The van der Waals surface area contributed by atoms with Gasteiger partial charge in [-0.1, -0.05) is 60.7 Å². The predicted molar refractivity (Wildman–Crippen MR) is 169 cm³/mol. The van der Waals surface area contributed by atoms with Gasteiger partial charge < -0.3 is 21.1 Å². The number of carboxylic acids is 1. The first-order valence-electron chi connectivity index (χ1n) is 13.9. The van der Waals surface area contributed by atoms with Gasteiger partial charge in [-0.25, -0.2) is 17.9 Å². The Labute approximate surface area is 262 Å². The molecule has 14 heteroatoms. The van der Waals surface area contributed by atoms with Gasteiger partial charge in [-0.3, -0.25) is 20.3 Å². The summed E-state index contributed by atoms with van der Waals surface area (Å²) in [5.41, 5.74) is 3.38. The standard InChI is InChI=1S/C30H36N6O6S.ClH/c1-20(35-43(41,42)25-12-11-23-9-5-6-10-24(23)17-25)26(37)30(28(39)40,34-19-21-7-3-2-4-8-21)27(38)33-18-22-13-15-36(16-14-22)29(31)32;/h2-12,17,20,22,34-35H,13-16,18-19H2,1H3,(H3,31,32)(H,33,38)(H,39,40);1H. The van der Waals surface area contributed by atoms with Gasteiger partial charge in [-0.15, -0.1) is 12.4 Å². The van der Waals surface area contributed by atoms with Crippen LogP contribution in [0.15, 0.2) is 77.7 Å². The summed E-state index contributed by atoms with van der Waals surface area (Å²) in [5.74, 6) is -4.08. The number of carboxylic acid groups (broad SMARTS) is 1. The number of Topliss-reactive ketones (excluding diaryl/α,β-unsaturated/α-hetero) is 1. The van der Waals surface area contributed by atoms with Gasteiger partial charge in [0.2, 0.25) is 10.0 Å². The fourth-order valence-corrected chi connectivity index (χ4v) is 6.39. The molecule has 1 aliphatic rings. The number of carbonyl (C=O) groups excluding carboxylic acids is 2. The van der Waals surface area contributed by atoms with E-state index in [1.54, 1.807) is 53.4 Å². The molecule has 4 rings (SSSR count). The van der Waals surface area contributed by atoms with Gasteiger partial charge in [0.05, 0.1) is 10.9 Å². The lowest BCUT2D eigenvalue weighted by molar-refractivity contribution is -0.156. The minimum Gasteiger partial charge on any atom is -0.479 e. The molecule has 0 aliphatic carbocycles. The fraction of sp³-hybridized carbons (Fsp3) is 0.333. The largest absolute Gasteiger partial charge is 0.479 e. The van der Waals surface area contributed by atoms with Gasteiger partial charge in [-0.05, 0) is 54.2 Å². The van der Waals surface area contributed by atoms with Gasteiger partial charge >= 0.3 is 5.97 Å². The minimum absolute atomic E-state index is 0. The highest BCUT2D eigenvalue weighted by Crippen LogP contribution is 2.21. The van der Waals surface area contributed by atoms with Gasteiger partial charge in [0.25, 0.3) is 11.4 Å². The number of nitrogens with one attached hydrogen (secondary N) is 4. The Morgan fingerprint density at radius 1 is 1.02 bits per heavy atom. The summed E-state index contributed by atoms with van der Waals surface area (Å²) >= 11 is 0. The zero-order valence-corrected chi connectivity index (χ0v) is 25.8. The molecule has 1 fully saturated rings. The number of piperidine rings is 1. The number of rotatable bonds is 12. The number of fused-ring (bicyclic) bond motifs is 1. The van der Waals surface area contributed by atoms with Crippen LogP contribution in [0.1, 0.15) is 25.3 Å². The zero-order valence-electron chi connectivity index (χ0n) is 24.2. The number of nitrogens with two attached hydrogens (primary N) is 1. The number of hydrogen-bond acceptors (Lipinski definition) is 7. The van der Waals surface area contributed by atoms with Crippen LogP contribution >= 0.6 is 12.4 Å². The lowest BCUT2D eigenvalue weighted by Gasteiger charge is -2.34. The van der Waals surface area contributed by atoms with Gasteiger partial charge in [0, 0.05) is 26.2 Å². The van der Waals surface area contributed by atoms with Crippen molar-refractivity contribution in [3.05, 3.63) is 78.4 Å². The van der Waals surface area contributed by atoms with Crippen molar-refractivity contribution in [2.45, 2.75) is 42.8 Å². The summed E-state index contributed by atoms with van der Waals surface area (Å²) in [6.45, 7) is 2.19. The van der Waals surface area contributed by atoms with E-state index in [-0.39, 0.29) is 42.3 Å². The molecule has 44 heavy (non-hydrogen) atoms. The van der Waals surface area contributed by atoms with E-state index in [2.05, 4.69) is 15.4 Å². The molecular weight excluding hydrogens is 608 g/mol. The number of amides is 1. The summed E-state index contributed by atoms with van der Waals surface area (Å²) < 4.78 is 28.8. The summed E-state index contributed by atoms with van der Waals surface area (Å²) in [6.07, 6.45) is 1.21. The molecule has 7 N–H and O–H groups in total. The third kappa shape index (κ3) is 7.72. The Morgan fingerprint density at radius 2 is 1.64 bits per heavy atom. The van der Waals surface area contributed by atoms with Crippen LogP contribution in [-0.4, -0.2) is 73.3 Å². The first-order chi connectivity index (χ1) is 20.4. The van der Waals surface area contributed by atoms with Crippen molar-refractivity contribution in [1.29, 1.82) is 5.41 Å². The number of nitrogens with zero attached hydrogens (tertiary/aromatic N) is 1. The minimum atomic E-state index is -4.27. The second kappa shape index (κ2) is 14.6. The fourth-order valence-electron chi connectivity index (χ4n) is 5.15. The van der Waals surface area contributed by atoms with Crippen LogP contribution < -0.4 is 21.1 Å². The molecule has 12 nitrogen and oxygen atoms in total. The lowest BCUT2D eigenvalue weighted by Crippen LogP contribution is -2.70. The molecule has 1 amide bonds. The molecule has 0 saturated carbocycles. The average molecular weight is 645 g/mol. The molecule has 3 aromatic carbocycles. The number of likely N-dealkylation sites (tertiary alicyclic amines) is 1. The average Bonchev–Trinajstić information content (AvgIpc) is 3.00. The molecule has 1 aliphatic heterocycles. The predicted octanol–water partition coefficient (Wildman–Crippen LogP) is 1.83. The van der Waals surface area contributed by atoms with Crippen molar-refractivity contribution < 1.29 is 27.9 Å². The summed E-state index contributed by atoms with van der Waals surface area (Å²) in [4.78, 5) is 42.0. The van der Waals surface area contributed by atoms with Gasteiger partial charge in [0.15, 0.2) is 11.7 Å². The van der Waals surface area contributed by atoms with Crippen LogP contribution in [0, 0.1) is 11.3 Å². The number of ketones is 1. The van der Waals surface area contributed by atoms with E-state index in [0.717, 1.165) is 5.39 Å². The summed E-state index contributed by atoms with van der Waals surface area (Å²) in [7, 11) is -4.27. The number of hydrogen-bond donors (Lipinski definition) is 6. The second-order valence-corrected chi connectivity index (χ2v) is 12.4. The molecule has 0 bridgehead atoms. The van der Waals surface area contributed by atoms with E-state index in [9.17, 15) is 27.9 Å². The summed E-state index contributed by atoms with van der Waals surface area (Å²) in [5, 5.41) is 24.7. The van der Waals surface area contributed by atoms with E-state index >= 15 is 0 Å². The third-order valence-electron chi connectivity index (χ3n) is 7.69. The molecule has 0 radical (unpaired) electrons. The Hall–Kier alpha value is -4.04. The van der Waals surface area contributed by atoms with Crippen LogP contribution in [-0.2, 0) is 31.0 Å². The molecule has 2 unspecified atom stereocenters. The summed E-state index contributed by atoms with van der Waals surface area (Å²) in [6, 6.07) is 18.7. The Kier molecular flexibility index (Phi) is 11.4. The molecule has 236 valence electrons. The van der Waals surface area contributed by atoms with Crippen molar-refractivity contribution in [1.82, 2.24) is 20.3 Å². The van der Waals surface area contributed by atoms with Crippen LogP contribution in [0.4, 0.5) is 0 Å². The number of aliphatic carboxylic acids is 1. The lowest BCUT2D eigenvalue weighted by atomic mass is 9.87. The molecule has 0 aromatic heterocycles. The smallest absolute Gasteiger partial charge is 0.341 e. The van der Waals surface area contributed by atoms with E-state index < -0.39 is 39.3 Å². The maximum atomic E-state index is 13.9. The van der Waals surface area contributed by atoms with Crippen molar-refractivity contribution in [3.8, 4) is 0 Å². The van der Waals surface area contributed by atoms with E-state index in [1.807, 2.05) is 12.1 Å². The van der Waals surface area contributed by atoms with Crippen molar-refractivity contribution >= 4 is 56.8 Å². The number of benzene rings is 3. The number of halogens is 1. The first-order valence-corrected chi connectivity index (χ1v) is 15.4. The van der Waals surface area contributed by atoms with Crippen LogP contribution in [0.2, 0.25) is 0 Å². The highest BCUT2D eigenvalue weighted by atomic mass is 35.5. The van der Waals surface area contributed by atoms with Crippen molar-refractivity contribution in [3.63, 3.8) is 0 Å². The highest BCUT2D eigenvalue weighted by Gasteiger charge is 2.55. The Balaban J connectivity index is 0.00000529. The number of sulfonamides is 1. The first kappa shape index (κ1) is 34.5. The van der Waals surface area contributed by atoms with Gasteiger partial charge in [0.1, 0.15) is 0 Å². The van der Waals surface area contributed by atoms with Crippen LogP contribution in [0.3, 0.4) is 0 Å². The normalized spacial score (nSPS) is 15.9.